The first-order valence-corrected chi connectivity index (χ1v) is 10.8. The lowest BCUT2D eigenvalue weighted by Crippen LogP contribution is -2.31. The summed E-state index contributed by atoms with van der Waals surface area (Å²) in [5.74, 6) is -0.135. The molecule has 2 aromatic carbocycles. The maximum absolute atomic E-state index is 12.8. The fourth-order valence-corrected chi connectivity index (χ4v) is 4.39. The molecule has 2 rings (SSSR count). The molecule has 0 bridgehead atoms. The molecule has 0 aliphatic carbocycles. The van der Waals surface area contributed by atoms with Crippen LogP contribution in [0, 0.1) is 0 Å². The second kappa shape index (κ2) is 9.71. The van der Waals surface area contributed by atoms with Crippen LogP contribution >= 0.6 is 0 Å². The van der Waals surface area contributed by atoms with E-state index in [9.17, 15) is 13.2 Å². The molecule has 0 radical (unpaired) electrons. The number of ether oxygens (including phenoxy) is 1. The van der Waals surface area contributed by atoms with Gasteiger partial charge in [0.2, 0.25) is 10.0 Å². The number of carbonyl (C=O) groups is 1. The number of nitrogens with one attached hydrogen (secondary N) is 2. The Morgan fingerprint density at radius 3 is 2.36 bits per heavy atom. The minimum Gasteiger partial charge on any atom is -0.495 e. The Kier molecular flexibility index (Phi) is 7.60. The Hall–Kier alpha value is -2.38. The van der Waals surface area contributed by atoms with E-state index >= 15 is 0 Å². The third-order valence-corrected chi connectivity index (χ3v) is 5.87. The third-order valence-electron chi connectivity index (χ3n) is 4.19. The fraction of sp³-hybridized carbons (Fsp3) is 0.381. The molecule has 0 saturated carbocycles. The Labute approximate surface area is 167 Å². The Bertz CT molecular complexity index is 896. The first-order chi connectivity index (χ1) is 13.3. The van der Waals surface area contributed by atoms with Crippen LogP contribution in [0.15, 0.2) is 53.4 Å². The molecule has 0 saturated heterocycles. The van der Waals surface area contributed by atoms with Crippen molar-refractivity contribution < 1.29 is 17.9 Å². The number of amides is 1. The number of rotatable bonds is 9. The molecule has 1 unspecified atom stereocenters. The molecule has 1 amide bonds. The average Bonchev–Trinajstić information content (AvgIpc) is 2.66. The van der Waals surface area contributed by atoms with Crippen molar-refractivity contribution >= 4 is 15.9 Å². The number of hydrogen-bond acceptors (Lipinski definition) is 4. The van der Waals surface area contributed by atoms with E-state index < -0.39 is 10.0 Å². The van der Waals surface area contributed by atoms with E-state index in [2.05, 4.69) is 17.0 Å². The second-order valence-corrected chi connectivity index (χ2v) is 8.55. The van der Waals surface area contributed by atoms with Crippen LogP contribution in [-0.2, 0) is 10.0 Å². The lowest BCUT2D eigenvalue weighted by molar-refractivity contribution is 0.0934. The molecule has 6 nitrogen and oxygen atoms in total. The Morgan fingerprint density at radius 2 is 1.79 bits per heavy atom. The van der Waals surface area contributed by atoms with Gasteiger partial charge in [-0.2, -0.15) is 0 Å². The van der Waals surface area contributed by atoms with Gasteiger partial charge in [-0.25, -0.2) is 13.1 Å². The molecule has 152 valence electrons. The van der Waals surface area contributed by atoms with Gasteiger partial charge in [0.1, 0.15) is 10.6 Å². The first-order valence-electron chi connectivity index (χ1n) is 9.34. The van der Waals surface area contributed by atoms with Gasteiger partial charge < -0.3 is 10.1 Å². The molecule has 28 heavy (non-hydrogen) atoms. The van der Waals surface area contributed by atoms with Gasteiger partial charge in [-0.15, -0.1) is 0 Å². The van der Waals surface area contributed by atoms with Crippen molar-refractivity contribution in [3.05, 3.63) is 59.7 Å². The van der Waals surface area contributed by atoms with Crippen LogP contribution in [0.1, 0.15) is 55.6 Å². The number of hydrogen-bond donors (Lipinski definition) is 2. The highest BCUT2D eigenvalue weighted by molar-refractivity contribution is 7.89. The summed E-state index contributed by atoms with van der Waals surface area (Å²) in [5, 5.41) is 3.01. The summed E-state index contributed by atoms with van der Waals surface area (Å²) in [6.45, 7) is 5.52. The first kappa shape index (κ1) is 21.9. The fourth-order valence-electron chi connectivity index (χ4n) is 2.94. The van der Waals surface area contributed by atoms with E-state index in [4.69, 9.17) is 4.74 Å². The minimum absolute atomic E-state index is 0.0527. The number of methoxy groups -OCH3 is 1. The van der Waals surface area contributed by atoms with Gasteiger partial charge in [0.05, 0.1) is 13.2 Å². The molecule has 2 N–H and O–H groups in total. The minimum atomic E-state index is -3.80. The van der Waals surface area contributed by atoms with Crippen molar-refractivity contribution in [2.75, 3.05) is 7.11 Å². The van der Waals surface area contributed by atoms with E-state index in [1.54, 1.807) is 19.9 Å². The second-order valence-electron chi connectivity index (χ2n) is 6.87. The third kappa shape index (κ3) is 5.56. The monoisotopic (exact) mass is 404 g/mol. The summed E-state index contributed by atoms with van der Waals surface area (Å²) in [4.78, 5) is 12.8. The summed E-state index contributed by atoms with van der Waals surface area (Å²) in [6.07, 6.45) is 1.69. The van der Waals surface area contributed by atoms with Crippen molar-refractivity contribution in [2.24, 2.45) is 0 Å². The molecule has 0 fully saturated rings. The summed E-state index contributed by atoms with van der Waals surface area (Å²) in [6, 6.07) is 13.7. The van der Waals surface area contributed by atoms with Crippen LogP contribution in [0.4, 0.5) is 0 Å². The van der Waals surface area contributed by atoms with Crippen LogP contribution in [0.25, 0.3) is 0 Å². The molecule has 0 heterocycles. The highest BCUT2D eigenvalue weighted by Crippen LogP contribution is 2.26. The maximum Gasteiger partial charge on any atom is 0.251 e. The predicted octanol–water partition coefficient (Wildman–Crippen LogP) is 3.65. The number of carbonyl (C=O) groups excluding carboxylic acids is 1. The Morgan fingerprint density at radius 1 is 1.11 bits per heavy atom. The standard InChI is InChI=1S/C21H28N2O4S/c1-5-9-18(16-10-7-6-8-11-16)22-21(24)17-12-13-19(27-4)20(14-17)28(25,26)23-15(2)3/h6-8,10-15,18,23H,5,9H2,1-4H3,(H,22,24). The van der Waals surface area contributed by atoms with Gasteiger partial charge in [0.15, 0.2) is 0 Å². The smallest absolute Gasteiger partial charge is 0.251 e. The van der Waals surface area contributed by atoms with Gasteiger partial charge in [-0.3, -0.25) is 4.79 Å². The van der Waals surface area contributed by atoms with Crippen LogP contribution in [-0.4, -0.2) is 27.5 Å². The van der Waals surface area contributed by atoms with Gasteiger partial charge in [0, 0.05) is 11.6 Å². The maximum atomic E-state index is 12.8. The lowest BCUT2D eigenvalue weighted by Gasteiger charge is -2.19. The summed E-state index contributed by atoms with van der Waals surface area (Å²) in [5.41, 5.74) is 1.28. The van der Waals surface area contributed by atoms with Crippen molar-refractivity contribution in [1.82, 2.24) is 10.0 Å². The highest BCUT2D eigenvalue weighted by atomic mass is 32.2. The highest BCUT2D eigenvalue weighted by Gasteiger charge is 2.23. The molecule has 2 aromatic rings. The zero-order valence-electron chi connectivity index (χ0n) is 16.7. The molecular weight excluding hydrogens is 376 g/mol. The number of sulfonamides is 1. The number of benzene rings is 2. The van der Waals surface area contributed by atoms with E-state index in [0.717, 1.165) is 18.4 Å². The zero-order valence-corrected chi connectivity index (χ0v) is 17.5. The molecule has 0 spiro atoms. The van der Waals surface area contributed by atoms with Crippen molar-refractivity contribution in [2.45, 2.75) is 50.6 Å². The largest absolute Gasteiger partial charge is 0.495 e. The van der Waals surface area contributed by atoms with Gasteiger partial charge >= 0.3 is 0 Å². The van der Waals surface area contributed by atoms with E-state index in [1.807, 2.05) is 30.3 Å². The quantitative estimate of drug-likeness (QED) is 0.668. The van der Waals surface area contributed by atoms with Crippen molar-refractivity contribution in [3.63, 3.8) is 0 Å². The summed E-state index contributed by atoms with van der Waals surface area (Å²) in [7, 11) is -2.41. The molecular formula is C21H28N2O4S. The van der Waals surface area contributed by atoms with E-state index in [1.165, 1.54) is 19.2 Å². The Balaban J connectivity index is 2.33. The summed E-state index contributed by atoms with van der Waals surface area (Å²) >= 11 is 0. The lowest BCUT2D eigenvalue weighted by atomic mass is 10.0. The molecule has 0 aromatic heterocycles. The van der Waals surface area contributed by atoms with Crippen LogP contribution in [0.2, 0.25) is 0 Å². The van der Waals surface area contributed by atoms with Gasteiger partial charge in [-0.05, 0) is 44.0 Å². The van der Waals surface area contributed by atoms with Crippen LogP contribution in [0.5, 0.6) is 5.75 Å². The van der Waals surface area contributed by atoms with Crippen molar-refractivity contribution in [3.8, 4) is 5.75 Å². The normalized spacial score (nSPS) is 12.6. The van der Waals surface area contributed by atoms with Gasteiger partial charge in [-0.1, -0.05) is 43.7 Å². The average molecular weight is 405 g/mol. The molecule has 0 aliphatic rings. The zero-order chi connectivity index (χ0) is 20.7. The van der Waals surface area contributed by atoms with E-state index in [0.29, 0.717) is 0 Å². The molecule has 1 atom stereocenters. The molecule has 7 heteroatoms. The van der Waals surface area contributed by atoms with Crippen molar-refractivity contribution in [1.29, 1.82) is 0 Å². The SMILES string of the molecule is CCCC(NC(=O)c1ccc(OC)c(S(=O)(=O)NC(C)C)c1)c1ccccc1. The van der Waals surface area contributed by atoms with E-state index in [-0.39, 0.29) is 34.2 Å². The van der Waals surface area contributed by atoms with Crippen LogP contribution < -0.4 is 14.8 Å². The van der Waals surface area contributed by atoms with Crippen LogP contribution in [0.3, 0.4) is 0 Å². The summed E-state index contributed by atoms with van der Waals surface area (Å²) < 4.78 is 33.0. The molecule has 0 aliphatic heterocycles. The predicted molar refractivity (Wildman–Crippen MR) is 110 cm³/mol. The van der Waals surface area contributed by atoms with Gasteiger partial charge in [0.25, 0.3) is 5.91 Å². The topological polar surface area (TPSA) is 84.5 Å².